The standard InChI is InChI=1S/C46H30/c1-2-11-34(12-3-1)45-41-14-6-8-16-43(41)46(44-17-9-7-15-42(44)45)40-27-26-38-29-37(24-25-39(38)30-40)33-20-18-32(19-21-33)36-23-22-31-10-4-5-13-35(31)28-36/h1-30H/i1D,2D,3D,6D,7D,8D,9D,11D,12D,14D,15D,16D,17D. The van der Waals surface area contributed by atoms with E-state index in [1.165, 1.54) is 5.39 Å². The van der Waals surface area contributed by atoms with Gasteiger partial charge in [0, 0.05) is 0 Å². The third-order valence-corrected chi connectivity index (χ3v) is 8.55. The van der Waals surface area contributed by atoms with Gasteiger partial charge in [-0.05, 0) is 106 Å². The highest BCUT2D eigenvalue weighted by Gasteiger charge is 2.16. The van der Waals surface area contributed by atoms with Crippen LogP contribution in [0.1, 0.15) is 17.8 Å². The number of fused-ring (bicyclic) bond motifs is 4. The lowest BCUT2D eigenvalue weighted by molar-refractivity contribution is 1.61. The van der Waals surface area contributed by atoms with Crippen LogP contribution in [0.4, 0.5) is 0 Å². The Morgan fingerprint density at radius 1 is 0.283 bits per heavy atom. The first-order chi connectivity index (χ1) is 28.2. The average Bonchev–Trinajstić information content (AvgIpc) is 3.26. The second-order valence-corrected chi connectivity index (χ2v) is 11.2. The van der Waals surface area contributed by atoms with E-state index in [0.717, 1.165) is 38.4 Å². The van der Waals surface area contributed by atoms with Crippen molar-refractivity contribution in [3.05, 3.63) is 182 Å². The molecule has 46 heavy (non-hydrogen) atoms. The fourth-order valence-electron chi connectivity index (χ4n) is 6.34. The predicted octanol–water partition coefficient (Wildman–Crippen LogP) is 13.0. The predicted molar refractivity (Wildman–Crippen MR) is 198 cm³/mol. The molecule has 0 spiro atoms. The van der Waals surface area contributed by atoms with Gasteiger partial charge in [0.25, 0.3) is 0 Å². The van der Waals surface area contributed by atoms with Crippen molar-refractivity contribution in [2.75, 3.05) is 0 Å². The molecule has 9 aromatic rings. The largest absolute Gasteiger partial charge is 0.0629 e. The molecule has 0 saturated heterocycles. The Labute approximate surface area is 287 Å². The van der Waals surface area contributed by atoms with Crippen molar-refractivity contribution in [2.24, 2.45) is 0 Å². The first kappa shape index (κ1) is 16.4. The third-order valence-electron chi connectivity index (χ3n) is 8.55. The fraction of sp³-hybridized carbons (Fsp3) is 0. The van der Waals surface area contributed by atoms with E-state index in [1.807, 2.05) is 36.4 Å². The van der Waals surface area contributed by atoms with Gasteiger partial charge in [0.15, 0.2) is 0 Å². The van der Waals surface area contributed by atoms with Crippen molar-refractivity contribution in [2.45, 2.75) is 0 Å². The second-order valence-electron chi connectivity index (χ2n) is 11.2. The van der Waals surface area contributed by atoms with Crippen LogP contribution in [0.15, 0.2) is 182 Å². The molecule has 0 aliphatic carbocycles. The maximum absolute atomic E-state index is 9.21. The van der Waals surface area contributed by atoms with E-state index in [2.05, 4.69) is 54.6 Å². The Bertz CT molecular complexity index is 3190. The van der Waals surface area contributed by atoms with E-state index in [4.69, 9.17) is 15.1 Å². The Hall–Kier alpha value is -5.98. The summed E-state index contributed by atoms with van der Waals surface area (Å²) in [5.41, 5.74) is 3.89. The van der Waals surface area contributed by atoms with E-state index in [0.29, 0.717) is 5.56 Å². The zero-order valence-electron chi connectivity index (χ0n) is 37.3. The molecule has 0 aromatic heterocycles. The molecule has 0 atom stereocenters. The molecule has 0 radical (unpaired) electrons. The quantitative estimate of drug-likeness (QED) is 0.178. The Balaban J connectivity index is 1.28. The summed E-state index contributed by atoms with van der Waals surface area (Å²) < 4.78 is 114. The molecular weight excluding hydrogens is 553 g/mol. The summed E-state index contributed by atoms with van der Waals surface area (Å²) in [6.07, 6.45) is 0. The van der Waals surface area contributed by atoms with Crippen LogP contribution in [0.2, 0.25) is 0 Å². The van der Waals surface area contributed by atoms with Gasteiger partial charge >= 0.3 is 0 Å². The Morgan fingerprint density at radius 2 is 0.652 bits per heavy atom. The van der Waals surface area contributed by atoms with Crippen LogP contribution < -0.4 is 0 Å². The van der Waals surface area contributed by atoms with Gasteiger partial charge in [-0.2, -0.15) is 0 Å². The van der Waals surface area contributed by atoms with E-state index >= 15 is 0 Å². The normalized spacial score (nSPS) is 15.4. The number of benzene rings is 9. The maximum atomic E-state index is 9.21. The van der Waals surface area contributed by atoms with Crippen LogP contribution in [0.25, 0.3) is 87.6 Å². The summed E-state index contributed by atoms with van der Waals surface area (Å²) in [6, 6.07) is 26.0. The minimum atomic E-state index is -0.706. The van der Waals surface area contributed by atoms with Gasteiger partial charge in [0.2, 0.25) is 0 Å². The SMILES string of the molecule is [2H]c1c([2H])c([2H])c(-c2c3c([2H])c([2H])c([2H])c([2H])c3c(-c3ccc4cc(-c5ccc(-c6ccc7ccccc7c6)cc5)ccc4c3)c3c([2H])c([2H])c([2H])c([2H])c23)c([2H])c1[2H]. The van der Waals surface area contributed by atoms with Gasteiger partial charge in [-0.1, -0.05) is 163 Å². The maximum Gasteiger partial charge on any atom is 0.0629 e. The molecule has 0 aliphatic rings. The van der Waals surface area contributed by atoms with Gasteiger partial charge in [0.1, 0.15) is 0 Å². The molecule has 0 heterocycles. The molecule has 0 N–H and O–H groups in total. The van der Waals surface area contributed by atoms with Crippen LogP contribution in [-0.4, -0.2) is 0 Å². The molecule has 0 nitrogen and oxygen atoms in total. The summed E-state index contributed by atoms with van der Waals surface area (Å²) in [7, 11) is 0. The monoisotopic (exact) mass is 595 g/mol. The number of rotatable bonds is 4. The van der Waals surface area contributed by atoms with Crippen molar-refractivity contribution in [3.8, 4) is 44.5 Å². The van der Waals surface area contributed by atoms with Gasteiger partial charge in [-0.3, -0.25) is 0 Å². The molecule has 0 saturated carbocycles. The van der Waals surface area contributed by atoms with E-state index < -0.39 is 84.1 Å². The van der Waals surface area contributed by atoms with Gasteiger partial charge in [0.05, 0.1) is 17.8 Å². The van der Waals surface area contributed by atoms with Crippen molar-refractivity contribution in [3.63, 3.8) is 0 Å². The lowest BCUT2D eigenvalue weighted by Crippen LogP contribution is -1.90. The Morgan fingerprint density at radius 3 is 1.20 bits per heavy atom. The second kappa shape index (κ2) is 10.9. The van der Waals surface area contributed by atoms with Crippen molar-refractivity contribution < 1.29 is 17.8 Å². The summed E-state index contributed by atoms with van der Waals surface area (Å²) in [5.74, 6) is 0. The minimum Gasteiger partial charge on any atom is -0.0622 e. The molecule has 0 fully saturated rings. The van der Waals surface area contributed by atoms with Gasteiger partial charge < -0.3 is 0 Å². The van der Waals surface area contributed by atoms with Crippen LogP contribution in [-0.2, 0) is 0 Å². The molecule has 0 unspecified atom stereocenters. The molecule has 0 aliphatic heterocycles. The number of hydrogen-bond acceptors (Lipinski definition) is 0. The summed E-state index contributed by atoms with van der Waals surface area (Å²) in [4.78, 5) is 0. The van der Waals surface area contributed by atoms with E-state index in [9.17, 15) is 2.74 Å². The first-order valence-electron chi connectivity index (χ1n) is 21.4. The molecular formula is C46H30. The zero-order valence-corrected chi connectivity index (χ0v) is 24.3. The molecule has 214 valence electrons. The van der Waals surface area contributed by atoms with Crippen molar-refractivity contribution >= 4 is 43.1 Å². The first-order valence-corrected chi connectivity index (χ1v) is 14.9. The molecule has 0 amide bonds. The Kier molecular flexibility index (Phi) is 3.87. The van der Waals surface area contributed by atoms with Gasteiger partial charge in [-0.25, -0.2) is 0 Å². The highest BCUT2D eigenvalue weighted by atomic mass is 14.2. The topological polar surface area (TPSA) is 0 Å². The fourth-order valence-corrected chi connectivity index (χ4v) is 6.34. The minimum absolute atomic E-state index is 0.0976. The smallest absolute Gasteiger partial charge is 0.0622 e. The lowest BCUT2D eigenvalue weighted by atomic mass is 9.85. The third kappa shape index (κ3) is 4.47. The molecule has 9 rings (SSSR count). The molecule has 9 aromatic carbocycles. The van der Waals surface area contributed by atoms with E-state index in [1.54, 1.807) is 12.1 Å². The van der Waals surface area contributed by atoms with Gasteiger partial charge in [-0.15, -0.1) is 0 Å². The zero-order chi connectivity index (χ0) is 41.8. The van der Waals surface area contributed by atoms with Crippen LogP contribution in [0, 0.1) is 0 Å². The lowest BCUT2D eigenvalue weighted by Gasteiger charge is -2.18. The highest BCUT2D eigenvalue weighted by Crippen LogP contribution is 2.44. The van der Waals surface area contributed by atoms with E-state index in [-0.39, 0.29) is 32.7 Å². The summed E-state index contributed by atoms with van der Waals surface area (Å²) in [6.45, 7) is 0. The van der Waals surface area contributed by atoms with Crippen LogP contribution in [0.3, 0.4) is 0 Å². The summed E-state index contributed by atoms with van der Waals surface area (Å²) in [5, 5.41) is 3.24. The van der Waals surface area contributed by atoms with Crippen LogP contribution in [0.5, 0.6) is 0 Å². The average molecular weight is 596 g/mol. The molecule has 0 bridgehead atoms. The number of hydrogen-bond donors (Lipinski definition) is 0. The van der Waals surface area contributed by atoms with Crippen LogP contribution >= 0.6 is 0 Å². The summed E-state index contributed by atoms with van der Waals surface area (Å²) >= 11 is 0. The van der Waals surface area contributed by atoms with Crippen molar-refractivity contribution in [1.29, 1.82) is 0 Å². The van der Waals surface area contributed by atoms with Crippen molar-refractivity contribution in [1.82, 2.24) is 0 Å². The molecule has 0 heteroatoms. The highest BCUT2D eigenvalue weighted by molar-refractivity contribution is 6.21.